The van der Waals surface area contributed by atoms with Gasteiger partial charge in [0.1, 0.15) is 11.6 Å². The molecular weight excluding hydrogens is 279 g/mol. The molecule has 4 heteroatoms. The van der Waals surface area contributed by atoms with Gasteiger partial charge in [-0.15, -0.1) is 0 Å². The van der Waals surface area contributed by atoms with E-state index in [4.69, 9.17) is 16.3 Å². The van der Waals surface area contributed by atoms with Crippen LogP contribution < -0.4 is 4.74 Å². The fourth-order valence-corrected chi connectivity index (χ4v) is 2.14. The molecule has 0 aliphatic carbocycles. The van der Waals surface area contributed by atoms with Crippen LogP contribution in [0.5, 0.6) is 5.75 Å². The van der Waals surface area contributed by atoms with E-state index >= 15 is 0 Å². The van der Waals surface area contributed by atoms with Crippen LogP contribution in [0.1, 0.15) is 24.2 Å². The third-order valence-corrected chi connectivity index (χ3v) is 3.07. The molecule has 0 heterocycles. The molecule has 0 N–H and O–H groups in total. The van der Waals surface area contributed by atoms with E-state index < -0.39 is 5.82 Å². The smallest absolute Gasteiger partial charge is 0.150 e. The van der Waals surface area contributed by atoms with E-state index in [0.29, 0.717) is 27.5 Å². The van der Waals surface area contributed by atoms with Crippen molar-refractivity contribution in [3.8, 4) is 16.9 Å². The Hall–Kier alpha value is -1.87. The minimum absolute atomic E-state index is 0.00733. The van der Waals surface area contributed by atoms with Crippen molar-refractivity contribution in [2.24, 2.45) is 0 Å². The Labute approximate surface area is 122 Å². The Morgan fingerprint density at radius 2 is 1.90 bits per heavy atom. The first-order valence-electron chi connectivity index (χ1n) is 6.22. The van der Waals surface area contributed by atoms with Gasteiger partial charge in [-0.2, -0.15) is 0 Å². The van der Waals surface area contributed by atoms with Crippen molar-refractivity contribution < 1.29 is 13.9 Å². The van der Waals surface area contributed by atoms with E-state index in [-0.39, 0.29) is 6.10 Å². The lowest BCUT2D eigenvalue weighted by Gasteiger charge is -2.13. The Morgan fingerprint density at radius 3 is 2.55 bits per heavy atom. The molecule has 0 fully saturated rings. The van der Waals surface area contributed by atoms with Gasteiger partial charge in [0.05, 0.1) is 6.10 Å². The summed E-state index contributed by atoms with van der Waals surface area (Å²) < 4.78 is 19.0. The maximum absolute atomic E-state index is 13.4. The van der Waals surface area contributed by atoms with Gasteiger partial charge in [0.25, 0.3) is 0 Å². The summed E-state index contributed by atoms with van der Waals surface area (Å²) in [5.74, 6) is 0.206. The molecule has 0 aromatic heterocycles. The molecule has 0 radical (unpaired) electrons. The van der Waals surface area contributed by atoms with E-state index in [1.54, 1.807) is 18.2 Å². The molecule has 0 aliphatic rings. The Kier molecular flexibility index (Phi) is 4.40. The molecule has 0 saturated heterocycles. The second-order valence-corrected chi connectivity index (χ2v) is 5.06. The van der Waals surface area contributed by atoms with Crippen LogP contribution in [0.2, 0.25) is 5.02 Å². The van der Waals surface area contributed by atoms with Crippen LogP contribution in [0.25, 0.3) is 11.1 Å². The van der Waals surface area contributed by atoms with Crippen LogP contribution in [0.3, 0.4) is 0 Å². The first kappa shape index (κ1) is 14.5. The van der Waals surface area contributed by atoms with Gasteiger partial charge in [-0.1, -0.05) is 11.6 Å². The summed E-state index contributed by atoms with van der Waals surface area (Å²) in [4.78, 5) is 11.2. The zero-order chi connectivity index (χ0) is 14.7. The van der Waals surface area contributed by atoms with Crippen LogP contribution >= 0.6 is 11.6 Å². The highest BCUT2D eigenvalue weighted by Gasteiger charge is 2.12. The van der Waals surface area contributed by atoms with Crippen LogP contribution in [0, 0.1) is 5.82 Å². The second kappa shape index (κ2) is 6.06. The summed E-state index contributed by atoms with van der Waals surface area (Å²) in [6.07, 6.45) is 0.725. The number of ether oxygens (including phenoxy) is 1. The largest absolute Gasteiger partial charge is 0.491 e. The Morgan fingerprint density at radius 1 is 1.15 bits per heavy atom. The summed E-state index contributed by atoms with van der Waals surface area (Å²) in [6.45, 7) is 3.81. The number of aldehydes is 1. The average Bonchev–Trinajstić information content (AvgIpc) is 2.41. The monoisotopic (exact) mass is 292 g/mol. The lowest BCUT2D eigenvalue weighted by atomic mass is 10.00. The van der Waals surface area contributed by atoms with E-state index in [9.17, 15) is 9.18 Å². The van der Waals surface area contributed by atoms with Gasteiger partial charge in [-0.05, 0) is 55.8 Å². The molecule has 0 aliphatic heterocycles. The summed E-state index contributed by atoms with van der Waals surface area (Å²) in [5, 5.41) is 0.385. The SMILES string of the molecule is CC(C)Oc1ccc(C=O)c(-c2cc(F)ccc2Cl)c1. The number of carbonyl (C=O) groups excluding carboxylic acids is 1. The molecule has 104 valence electrons. The van der Waals surface area contributed by atoms with Gasteiger partial charge < -0.3 is 4.74 Å². The number of halogens is 2. The summed E-state index contributed by atoms with van der Waals surface area (Å²) in [5.41, 5.74) is 1.47. The highest BCUT2D eigenvalue weighted by Crippen LogP contribution is 2.33. The van der Waals surface area contributed by atoms with Gasteiger partial charge in [-0.3, -0.25) is 4.79 Å². The molecule has 20 heavy (non-hydrogen) atoms. The molecule has 0 unspecified atom stereocenters. The van der Waals surface area contributed by atoms with Gasteiger partial charge >= 0.3 is 0 Å². The van der Waals surface area contributed by atoms with Crippen molar-refractivity contribution in [3.05, 3.63) is 52.8 Å². The zero-order valence-electron chi connectivity index (χ0n) is 11.2. The van der Waals surface area contributed by atoms with Gasteiger partial charge in [0, 0.05) is 16.1 Å². The highest BCUT2D eigenvalue weighted by atomic mass is 35.5. The number of hydrogen-bond donors (Lipinski definition) is 0. The normalized spacial score (nSPS) is 10.7. The van der Waals surface area contributed by atoms with E-state index in [1.165, 1.54) is 18.2 Å². The minimum atomic E-state index is -0.406. The molecule has 2 aromatic carbocycles. The molecule has 2 rings (SSSR count). The zero-order valence-corrected chi connectivity index (χ0v) is 11.9. The molecule has 2 aromatic rings. The van der Waals surface area contributed by atoms with E-state index in [1.807, 2.05) is 13.8 Å². The number of benzene rings is 2. The third-order valence-electron chi connectivity index (χ3n) is 2.74. The van der Waals surface area contributed by atoms with Gasteiger partial charge in [0.2, 0.25) is 0 Å². The lowest BCUT2D eigenvalue weighted by molar-refractivity contribution is 0.112. The molecule has 2 nitrogen and oxygen atoms in total. The van der Waals surface area contributed by atoms with Crippen molar-refractivity contribution in [3.63, 3.8) is 0 Å². The van der Waals surface area contributed by atoms with Gasteiger partial charge in [0.15, 0.2) is 6.29 Å². The van der Waals surface area contributed by atoms with Crippen LogP contribution in [-0.2, 0) is 0 Å². The summed E-state index contributed by atoms with van der Waals surface area (Å²) >= 11 is 6.09. The van der Waals surface area contributed by atoms with E-state index in [0.717, 1.165) is 6.29 Å². The number of rotatable bonds is 4. The maximum Gasteiger partial charge on any atom is 0.150 e. The predicted octanol–water partition coefficient (Wildman–Crippen LogP) is 4.75. The number of hydrogen-bond acceptors (Lipinski definition) is 2. The standard InChI is InChI=1S/C16H14ClFO2/c1-10(2)20-13-5-3-11(9-19)14(8-13)15-7-12(18)4-6-16(15)17/h3-10H,1-2H3. The Balaban J connectivity index is 2.58. The quantitative estimate of drug-likeness (QED) is 0.760. The minimum Gasteiger partial charge on any atom is -0.491 e. The maximum atomic E-state index is 13.4. The average molecular weight is 293 g/mol. The third kappa shape index (κ3) is 3.17. The number of carbonyl (C=O) groups is 1. The molecule has 0 amide bonds. The lowest BCUT2D eigenvalue weighted by Crippen LogP contribution is -2.05. The van der Waals surface area contributed by atoms with Crippen molar-refractivity contribution >= 4 is 17.9 Å². The van der Waals surface area contributed by atoms with Crippen molar-refractivity contribution in [1.29, 1.82) is 0 Å². The predicted molar refractivity (Wildman–Crippen MR) is 78.0 cm³/mol. The van der Waals surface area contributed by atoms with Crippen LogP contribution in [0.15, 0.2) is 36.4 Å². The first-order valence-corrected chi connectivity index (χ1v) is 6.60. The van der Waals surface area contributed by atoms with Crippen molar-refractivity contribution in [2.45, 2.75) is 20.0 Å². The van der Waals surface area contributed by atoms with Crippen LogP contribution in [0.4, 0.5) is 4.39 Å². The fourth-order valence-electron chi connectivity index (χ4n) is 1.92. The molecule has 0 spiro atoms. The molecular formula is C16H14ClFO2. The summed E-state index contributed by atoms with van der Waals surface area (Å²) in [6, 6.07) is 9.10. The fraction of sp³-hybridized carbons (Fsp3) is 0.188. The van der Waals surface area contributed by atoms with Crippen LogP contribution in [-0.4, -0.2) is 12.4 Å². The van der Waals surface area contributed by atoms with Crippen molar-refractivity contribution in [2.75, 3.05) is 0 Å². The Bertz CT molecular complexity index is 638. The highest BCUT2D eigenvalue weighted by molar-refractivity contribution is 6.33. The van der Waals surface area contributed by atoms with E-state index in [2.05, 4.69) is 0 Å². The topological polar surface area (TPSA) is 26.3 Å². The molecule has 0 bridgehead atoms. The van der Waals surface area contributed by atoms with Gasteiger partial charge in [-0.25, -0.2) is 4.39 Å². The molecule has 0 atom stereocenters. The first-order chi connectivity index (χ1) is 9.51. The molecule has 0 saturated carbocycles. The van der Waals surface area contributed by atoms with Crippen molar-refractivity contribution in [1.82, 2.24) is 0 Å². The summed E-state index contributed by atoms with van der Waals surface area (Å²) in [7, 11) is 0. The second-order valence-electron chi connectivity index (χ2n) is 4.66.